The van der Waals surface area contributed by atoms with Crippen LogP contribution in [0.2, 0.25) is 0 Å². The number of likely N-dealkylation sites (N-methyl/N-ethyl adjacent to an activating group) is 1. The molecule has 156 valence electrons. The summed E-state index contributed by atoms with van der Waals surface area (Å²) in [6, 6.07) is 16.4. The summed E-state index contributed by atoms with van der Waals surface area (Å²) in [6.45, 7) is 4.44. The number of rotatable bonds is 6. The Bertz CT molecular complexity index is 917. The lowest BCUT2D eigenvalue weighted by molar-refractivity contribution is 0.109. The maximum atomic E-state index is 12.7. The van der Waals surface area contributed by atoms with E-state index in [0.717, 1.165) is 24.2 Å². The first-order chi connectivity index (χ1) is 13.9. The van der Waals surface area contributed by atoms with Crippen molar-refractivity contribution in [2.75, 3.05) is 39.8 Å². The van der Waals surface area contributed by atoms with Gasteiger partial charge in [-0.1, -0.05) is 48.0 Å². The summed E-state index contributed by atoms with van der Waals surface area (Å²) in [5.74, 6) is 0. The van der Waals surface area contributed by atoms with E-state index in [1.54, 1.807) is 24.3 Å². The van der Waals surface area contributed by atoms with Crippen molar-refractivity contribution >= 4 is 16.1 Å². The zero-order chi connectivity index (χ0) is 20.9. The fourth-order valence-electron chi connectivity index (χ4n) is 3.38. The van der Waals surface area contributed by atoms with Crippen LogP contribution in [-0.2, 0) is 10.0 Å². The van der Waals surface area contributed by atoms with Gasteiger partial charge in [-0.3, -0.25) is 0 Å². The Morgan fingerprint density at radius 1 is 1.03 bits per heavy atom. The number of hydrogen-bond acceptors (Lipinski definition) is 4. The molecule has 0 spiro atoms. The van der Waals surface area contributed by atoms with E-state index in [4.69, 9.17) is 0 Å². The zero-order valence-electron chi connectivity index (χ0n) is 16.8. The van der Waals surface area contributed by atoms with Crippen molar-refractivity contribution in [3.8, 4) is 0 Å². The average molecular weight is 417 g/mol. The van der Waals surface area contributed by atoms with E-state index in [9.17, 15) is 13.2 Å². The third-order valence-electron chi connectivity index (χ3n) is 5.05. The molecule has 8 heteroatoms. The number of aryl methyl sites for hydroxylation is 1. The standard InChI is InChI=1S/C21H28N4O3S/c1-17-8-10-19(11-9-17)29(27,28)23-13-12-22-21(26)25-15-14-24(2)16-20(25)18-6-4-3-5-7-18/h3-11,20,23H,12-16H2,1-2H3,(H,22,26). The molecule has 1 saturated heterocycles. The maximum Gasteiger partial charge on any atom is 0.318 e. The van der Waals surface area contributed by atoms with E-state index < -0.39 is 10.0 Å². The predicted octanol–water partition coefficient (Wildman–Crippen LogP) is 1.97. The SMILES string of the molecule is Cc1ccc(S(=O)(=O)NCCNC(=O)N2CCN(C)CC2c2ccccc2)cc1. The first-order valence-corrected chi connectivity index (χ1v) is 11.2. The van der Waals surface area contributed by atoms with Gasteiger partial charge in [0.05, 0.1) is 10.9 Å². The number of nitrogens with zero attached hydrogens (tertiary/aromatic N) is 2. The summed E-state index contributed by atoms with van der Waals surface area (Å²) in [5, 5.41) is 2.84. The predicted molar refractivity (Wildman–Crippen MR) is 113 cm³/mol. The molecule has 1 fully saturated rings. The van der Waals surface area contributed by atoms with E-state index in [2.05, 4.69) is 14.9 Å². The van der Waals surface area contributed by atoms with Crippen molar-refractivity contribution in [3.63, 3.8) is 0 Å². The van der Waals surface area contributed by atoms with E-state index >= 15 is 0 Å². The van der Waals surface area contributed by atoms with E-state index in [1.807, 2.05) is 49.2 Å². The molecule has 0 aliphatic carbocycles. The summed E-state index contributed by atoms with van der Waals surface area (Å²) in [7, 11) is -1.54. The molecular formula is C21H28N4O3S. The van der Waals surface area contributed by atoms with Crippen LogP contribution in [0.1, 0.15) is 17.2 Å². The minimum absolute atomic E-state index is 0.0285. The zero-order valence-corrected chi connectivity index (χ0v) is 17.7. The third-order valence-corrected chi connectivity index (χ3v) is 6.53. The molecule has 1 aliphatic rings. The second-order valence-electron chi connectivity index (χ2n) is 7.32. The van der Waals surface area contributed by atoms with Gasteiger partial charge in [0, 0.05) is 32.7 Å². The van der Waals surface area contributed by atoms with Crippen LogP contribution in [0.15, 0.2) is 59.5 Å². The van der Waals surface area contributed by atoms with Gasteiger partial charge in [0.15, 0.2) is 0 Å². The molecule has 0 aromatic heterocycles. The Labute approximate surface area is 172 Å². The van der Waals surface area contributed by atoms with Gasteiger partial charge < -0.3 is 15.1 Å². The van der Waals surface area contributed by atoms with Crippen molar-refractivity contribution in [3.05, 3.63) is 65.7 Å². The molecule has 0 bridgehead atoms. The van der Waals surface area contributed by atoms with Gasteiger partial charge in [-0.05, 0) is 31.7 Å². The van der Waals surface area contributed by atoms with Gasteiger partial charge in [0.25, 0.3) is 0 Å². The number of nitrogens with one attached hydrogen (secondary N) is 2. The largest absolute Gasteiger partial charge is 0.337 e. The lowest BCUT2D eigenvalue weighted by atomic mass is 10.0. The highest BCUT2D eigenvalue weighted by molar-refractivity contribution is 7.89. The Morgan fingerprint density at radius 2 is 1.72 bits per heavy atom. The van der Waals surface area contributed by atoms with Crippen LogP contribution in [0.3, 0.4) is 0 Å². The molecule has 7 nitrogen and oxygen atoms in total. The molecule has 0 saturated carbocycles. The Kier molecular flexibility index (Phi) is 6.89. The molecule has 29 heavy (non-hydrogen) atoms. The second kappa shape index (κ2) is 9.39. The van der Waals surface area contributed by atoms with Crippen molar-refractivity contribution in [2.45, 2.75) is 17.9 Å². The molecule has 1 unspecified atom stereocenters. The maximum absolute atomic E-state index is 12.7. The summed E-state index contributed by atoms with van der Waals surface area (Å²) in [4.78, 5) is 17.0. The molecular weight excluding hydrogens is 388 g/mol. The van der Waals surface area contributed by atoms with Crippen molar-refractivity contribution in [1.29, 1.82) is 0 Å². The molecule has 3 rings (SSSR count). The lowest BCUT2D eigenvalue weighted by Crippen LogP contribution is -2.53. The number of urea groups is 1. The Balaban J connectivity index is 1.55. The number of piperazine rings is 1. The summed E-state index contributed by atoms with van der Waals surface area (Å²) in [6.07, 6.45) is 0. The lowest BCUT2D eigenvalue weighted by Gasteiger charge is -2.40. The van der Waals surface area contributed by atoms with Gasteiger partial charge in [-0.25, -0.2) is 17.9 Å². The number of benzene rings is 2. The van der Waals surface area contributed by atoms with Crippen molar-refractivity contribution < 1.29 is 13.2 Å². The molecule has 1 heterocycles. The first kappa shape index (κ1) is 21.3. The fourth-order valence-corrected chi connectivity index (χ4v) is 4.41. The number of carbonyl (C=O) groups excluding carboxylic acids is 1. The van der Waals surface area contributed by atoms with Crippen LogP contribution >= 0.6 is 0 Å². The summed E-state index contributed by atoms with van der Waals surface area (Å²) < 4.78 is 27.2. The third kappa shape index (κ3) is 5.56. The van der Waals surface area contributed by atoms with Crippen molar-refractivity contribution in [1.82, 2.24) is 19.8 Å². The molecule has 2 N–H and O–H groups in total. The smallest absolute Gasteiger partial charge is 0.318 e. The average Bonchev–Trinajstić information content (AvgIpc) is 2.72. The molecule has 1 aliphatic heterocycles. The van der Waals surface area contributed by atoms with Gasteiger partial charge in [-0.15, -0.1) is 0 Å². The summed E-state index contributed by atoms with van der Waals surface area (Å²) >= 11 is 0. The molecule has 2 aromatic carbocycles. The second-order valence-corrected chi connectivity index (χ2v) is 9.09. The Hall–Kier alpha value is -2.42. The molecule has 2 amide bonds. The minimum Gasteiger partial charge on any atom is -0.337 e. The van der Waals surface area contributed by atoms with E-state index in [1.165, 1.54) is 0 Å². The van der Waals surface area contributed by atoms with Gasteiger partial charge in [-0.2, -0.15) is 0 Å². The fraction of sp³-hybridized carbons (Fsp3) is 0.381. The van der Waals surface area contributed by atoms with Crippen LogP contribution in [0.4, 0.5) is 4.79 Å². The highest BCUT2D eigenvalue weighted by Crippen LogP contribution is 2.24. The van der Waals surface area contributed by atoms with Crippen LogP contribution in [-0.4, -0.2) is 64.0 Å². The number of sulfonamides is 1. The highest BCUT2D eigenvalue weighted by atomic mass is 32.2. The van der Waals surface area contributed by atoms with E-state index in [0.29, 0.717) is 6.54 Å². The van der Waals surface area contributed by atoms with Crippen LogP contribution in [0, 0.1) is 6.92 Å². The number of amides is 2. The van der Waals surface area contributed by atoms with Gasteiger partial charge in [0.2, 0.25) is 10.0 Å². The van der Waals surface area contributed by atoms with Crippen LogP contribution < -0.4 is 10.0 Å². The van der Waals surface area contributed by atoms with Crippen molar-refractivity contribution in [2.24, 2.45) is 0 Å². The number of carbonyl (C=O) groups is 1. The van der Waals surface area contributed by atoms with E-state index in [-0.39, 0.29) is 30.1 Å². The normalized spacial score (nSPS) is 17.9. The molecule has 2 aromatic rings. The number of hydrogen-bond donors (Lipinski definition) is 2. The summed E-state index contributed by atoms with van der Waals surface area (Å²) in [5.41, 5.74) is 2.09. The van der Waals surface area contributed by atoms with Gasteiger partial charge >= 0.3 is 6.03 Å². The Morgan fingerprint density at radius 3 is 2.41 bits per heavy atom. The quantitative estimate of drug-likeness (QED) is 0.706. The highest BCUT2D eigenvalue weighted by Gasteiger charge is 2.30. The van der Waals surface area contributed by atoms with Crippen LogP contribution in [0.25, 0.3) is 0 Å². The minimum atomic E-state index is -3.58. The van der Waals surface area contributed by atoms with Gasteiger partial charge in [0.1, 0.15) is 0 Å². The topological polar surface area (TPSA) is 81.8 Å². The first-order valence-electron chi connectivity index (χ1n) is 9.71. The monoisotopic (exact) mass is 416 g/mol. The molecule has 1 atom stereocenters. The molecule has 0 radical (unpaired) electrons. The van der Waals surface area contributed by atoms with Crippen LogP contribution in [0.5, 0.6) is 0 Å².